The van der Waals surface area contributed by atoms with E-state index in [1.807, 2.05) is 18.5 Å². The summed E-state index contributed by atoms with van der Waals surface area (Å²) < 4.78 is 1.99. The van der Waals surface area contributed by atoms with Crippen molar-refractivity contribution in [2.75, 3.05) is 6.54 Å². The predicted octanol–water partition coefficient (Wildman–Crippen LogP) is 2.05. The van der Waals surface area contributed by atoms with Gasteiger partial charge < -0.3 is 5.73 Å². The summed E-state index contributed by atoms with van der Waals surface area (Å²) in [7, 11) is 0. The highest BCUT2D eigenvalue weighted by Gasteiger charge is 2.14. The molecule has 0 aliphatic heterocycles. The van der Waals surface area contributed by atoms with E-state index >= 15 is 0 Å². The van der Waals surface area contributed by atoms with Crippen LogP contribution in [-0.4, -0.2) is 21.3 Å². The van der Waals surface area contributed by atoms with Crippen LogP contribution in [0.2, 0.25) is 0 Å². The van der Waals surface area contributed by atoms with Crippen LogP contribution in [0.4, 0.5) is 0 Å². The molecule has 1 rings (SSSR count). The van der Waals surface area contributed by atoms with Gasteiger partial charge in [-0.2, -0.15) is 5.10 Å². The Balaban J connectivity index is 2.29. The second-order valence-corrected chi connectivity index (χ2v) is 5.25. The van der Waals surface area contributed by atoms with E-state index in [0.717, 1.165) is 31.2 Å². The molecule has 2 N–H and O–H groups in total. The van der Waals surface area contributed by atoms with Crippen LogP contribution < -0.4 is 5.73 Å². The maximum Gasteiger partial charge on any atom is 0.147 e. The molecule has 0 aliphatic carbocycles. The molecule has 0 spiro atoms. The Hall–Kier alpha value is -0.900. The first-order valence-corrected chi connectivity index (χ1v) is 6.03. The van der Waals surface area contributed by atoms with E-state index in [4.69, 9.17) is 5.73 Å². The van der Waals surface area contributed by atoms with E-state index in [-0.39, 0.29) is 5.41 Å². The first-order chi connectivity index (χ1) is 7.44. The Labute approximate surface area is 98.2 Å². The molecule has 0 fully saturated rings. The molecular formula is C12H24N4. The molecule has 0 unspecified atom stereocenters. The number of aromatic nitrogens is 3. The molecular weight excluding hydrogens is 200 g/mol. The van der Waals surface area contributed by atoms with E-state index in [1.54, 1.807) is 0 Å². The van der Waals surface area contributed by atoms with Gasteiger partial charge in [-0.05, 0) is 38.6 Å². The van der Waals surface area contributed by atoms with Crippen LogP contribution in [0.3, 0.4) is 0 Å². The molecule has 92 valence electrons. The van der Waals surface area contributed by atoms with E-state index < -0.39 is 0 Å². The van der Waals surface area contributed by atoms with Crippen LogP contribution >= 0.6 is 0 Å². The largest absolute Gasteiger partial charge is 0.330 e. The van der Waals surface area contributed by atoms with Gasteiger partial charge in [-0.1, -0.05) is 20.3 Å². The summed E-state index contributed by atoms with van der Waals surface area (Å²) in [6.07, 6.45) is 3.52. The summed E-state index contributed by atoms with van der Waals surface area (Å²) >= 11 is 0. The molecule has 16 heavy (non-hydrogen) atoms. The molecule has 4 heteroatoms. The Morgan fingerprint density at radius 2 is 1.94 bits per heavy atom. The van der Waals surface area contributed by atoms with Gasteiger partial charge in [0.15, 0.2) is 0 Å². The highest BCUT2D eigenvalue weighted by Crippen LogP contribution is 2.21. The van der Waals surface area contributed by atoms with Crippen molar-refractivity contribution in [2.45, 2.75) is 53.5 Å². The van der Waals surface area contributed by atoms with Gasteiger partial charge in [-0.15, -0.1) is 0 Å². The topological polar surface area (TPSA) is 56.7 Å². The zero-order valence-electron chi connectivity index (χ0n) is 11.0. The summed E-state index contributed by atoms with van der Waals surface area (Å²) in [4.78, 5) is 4.29. The third-order valence-electron chi connectivity index (χ3n) is 2.99. The van der Waals surface area contributed by atoms with E-state index in [2.05, 4.69) is 23.9 Å². The Morgan fingerprint density at radius 1 is 1.25 bits per heavy atom. The number of hydrogen-bond acceptors (Lipinski definition) is 3. The standard InChI is InChI=1S/C12H24N4/c1-10-14-11(2)16(15-10)8-6-5-7-12(3,4)9-13/h5-9,13H2,1-4H3. The number of unbranched alkanes of at least 4 members (excludes halogenated alkanes) is 1. The normalized spacial score (nSPS) is 12.1. The summed E-state index contributed by atoms with van der Waals surface area (Å²) in [5, 5.41) is 4.35. The first-order valence-electron chi connectivity index (χ1n) is 6.03. The minimum atomic E-state index is 0.271. The third kappa shape index (κ3) is 3.93. The average Bonchev–Trinajstić information content (AvgIpc) is 2.52. The monoisotopic (exact) mass is 224 g/mol. The maximum absolute atomic E-state index is 5.70. The fourth-order valence-corrected chi connectivity index (χ4v) is 1.74. The van der Waals surface area contributed by atoms with E-state index in [0.29, 0.717) is 0 Å². The Bertz CT molecular complexity index is 328. The van der Waals surface area contributed by atoms with Gasteiger partial charge in [-0.25, -0.2) is 4.98 Å². The minimum absolute atomic E-state index is 0.271. The number of aryl methyl sites for hydroxylation is 3. The molecule has 0 saturated carbocycles. The van der Waals surface area contributed by atoms with E-state index in [1.165, 1.54) is 12.8 Å². The predicted molar refractivity (Wildman–Crippen MR) is 66.2 cm³/mol. The maximum atomic E-state index is 5.70. The average molecular weight is 224 g/mol. The quantitative estimate of drug-likeness (QED) is 0.752. The SMILES string of the molecule is Cc1nc(C)n(CCCCC(C)(C)CN)n1. The molecule has 1 heterocycles. The van der Waals surface area contributed by atoms with E-state index in [9.17, 15) is 0 Å². The lowest BCUT2D eigenvalue weighted by atomic mass is 9.87. The van der Waals surface area contributed by atoms with Crippen molar-refractivity contribution in [3.8, 4) is 0 Å². The van der Waals surface area contributed by atoms with Crippen LogP contribution in [-0.2, 0) is 6.54 Å². The third-order valence-corrected chi connectivity index (χ3v) is 2.99. The lowest BCUT2D eigenvalue weighted by Gasteiger charge is -2.21. The van der Waals surface area contributed by atoms with Gasteiger partial charge in [0.05, 0.1) is 0 Å². The van der Waals surface area contributed by atoms with Crippen molar-refractivity contribution < 1.29 is 0 Å². The van der Waals surface area contributed by atoms with Crippen LogP contribution in [0.1, 0.15) is 44.8 Å². The number of hydrogen-bond donors (Lipinski definition) is 1. The van der Waals surface area contributed by atoms with Crippen molar-refractivity contribution in [3.05, 3.63) is 11.6 Å². The summed E-state index contributed by atoms with van der Waals surface area (Å²) in [6.45, 7) is 10.1. The van der Waals surface area contributed by atoms with Crippen molar-refractivity contribution >= 4 is 0 Å². The molecule has 0 aromatic carbocycles. The number of nitrogens with zero attached hydrogens (tertiary/aromatic N) is 3. The number of rotatable bonds is 6. The van der Waals surface area contributed by atoms with Crippen LogP contribution in [0.15, 0.2) is 0 Å². The molecule has 4 nitrogen and oxygen atoms in total. The molecule has 1 aromatic heterocycles. The zero-order chi connectivity index (χ0) is 12.2. The smallest absolute Gasteiger partial charge is 0.147 e. The summed E-state index contributed by atoms with van der Waals surface area (Å²) in [6, 6.07) is 0. The second kappa shape index (κ2) is 5.43. The van der Waals surface area contributed by atoms with Gasteiger partial charge in [0, 0.05) is 6.54 Å². The zero-order valence-corrected chi connectivity index (χ0v) is 11.0. The minimum Gasteiger partial charge on any atom is -0.330 e. The second-order valence-electron chi connectivity index (χ2n) is 5.25. The molecule has 0 atom stereocenters. The first kappa shape index (κ1) is 13.2. The molecule has 1 aromatic rings. The molecule has 0 amide bonds. The molecule has 0 radical (unpaired) electrons. The molecule has 0 aliphatic rings. The van der Waals surface area contributed by atoms with Gasteiger partial charge in [0.25, 0.3) is 0 Å². The van der Waals surface area contributed by atoms with Gasteiger partial charge in [0.2, 0.25) is 0 Å². The summed E-state index contributed by atoms with van der Waals surface area (Å²) in [5.74, 6) is 1.87. The lowest BCUT2D eigenvalue weighted by Crippen LogP contribution is -2.23. The fourth-order valence-electron chi connectivity index (χ4n) is 1.74. The van der Waals surface area contributed by atoms with Gasteiger partial charge in [-0.3, -0.25) is 4.68 Å². The highest BCUT2D eigenvalue weighted by atomic mass is 15.3. The van der Waals surface area contributed by atoms with Crippen LogP contribution in [0.5, 0.6) is 0 Å². The highest BCUT2D eigenvalue weighted by molar-refractivity contribution is 4.87. The van der Waals surface area contributed by atoms with Gasteiger partial charge >= 0.3 is 0 Å². The Morgan fingerprint density at radius 3 is 2.44 bits per heavy atom. The molecule has 0 bridgehead atoms. The lowest BCUT2D eigenvalue weighted by molar-refractivity contribution is 0.327. The van der Waals surface area contributed by atoms with Crippen molar-refractivity contribution in [3.63, 3.8) is 0 Å². The van der Waals surface area contributed by atoms with Crippen molar-refractivity contribution in [1.82, 2.24) is 14.8 Å². The van der Waals surface area contributed by atoms with Gasteiger partial charge in [0.1, 0.15) is 11.6 Å². The number of nitrogens with two attached hydrogens (primary N) is 1. The van der Waals surface area contributed by atoms with Crippen molar-refractivity contribution in [1.29, 1.82) is 0 Å². The Kier molecular flexibility index (Phi) is 4.47. The van der Waals surface area contributed by atoms with Crippen LogP contribution in [0.25, 0.3) is 0 Å². The summed E-state index contributed by atoms with van der Waals surface area (Å²) in [5.41, 5.74) is 5.97. The molecule has 0 saturated heterocycles. The van der Waals surface area contributed by atoms with Crippen molar-refractivity contribution in [2.24, 2.45) is 11.1 Å². The fraction of sp³-hybridized carbons (Fsp3) is 0.833. The van der Waals surface area contributed by atoms with Crippen LogP contribution in [0, 0.1) is 19.3 Å².